The normalized spacial score (nSPS) is 11.7. The minimum atomic E-state index is -4.40. The molecule has 192 valence electrons. The van der Waals surface area contributed by atoms with Gasteiger partial charge in [-0.05, 0) is 36.2 Å². The van der Waals surface area contributed by atoms with Gasteiger partial charge in [-0.1, -0.05) is 83.6 Å². The fourth-order valence-corrected chi connectivity index (χ4v) is 6.57. The molecule has 11 heteroatoms. The first-order chi connectivity index (χ1) is 18.2. The van der Waals surface area contributed by atoms with Gasteiger partial charge in [0, 0.05) is 11.2 Å². The Morgan fingerprint density at radius 1 is 1.03 bits per heavy atom. The number of halogens is 2. The summed E-state index contributed by atoms with van der Waals surface area (Å²) in [4.78, 5) is 29.6. The first-order valence-corrected chi connectivity index (χ1v) is 14.0. The smallest absolute Gasteiger partial charge is 0.266 e. The van der Waals surface area contributed by atoms with Gasteiger partial charge in [0.05, 0.1) is 11.6 Å². The van der Waals surface area contributed by atoms with Gasteiger partial charge in [0.15, 0.2) is 10.9 Å². The van der Waals surface area contributed by atoms with Crippen LogP contribution in [0, 0.1) is 5.82 Å². The maximum absolute atomic E-state index is 14.4. The Morgan fingerprint density at radius 2 is 1.63 bits per heavy atom. The SMILES string of the molecule is CC(=O)c1cn(C(c2ccccc2)c2ccccc2)c2sc(NS(=O)(=O)c3ccc(Cl)cc3F)nc2c1=O. The number of fused-ring (bicyclic) bond motifs is 1. The summed E-state index contributed by atoms with van der Waals surface area (Å²) in [6, 6.07) is 21.7. The molecular formula is C27H19ClFN3O4S2. The first-order valence-electron chi connectivity index (χ1n) is 11.3. The topological polar surface area (TPSA) is 98.1 Å². The predicted octanol–water partition coefficient (Wildman–Crippen LogP) is 5.89. The average molecular weight is 568 g/mol. The van der Waals surface area contributed by atoms with Crippen LogP contribution in [0.5, 0.6) is 0 Å². The number of Topliss-reactive ketones (excluding diaryl/α,β-unsaturated/α-hetero) is 1. The van der Waals surface area contributed by atoms with Crippen LogP contribution in [0.15, 0.2) is 94.7 Å². The summed E-state index contributed by atoms with van der Waals surface area (Å²) in [5.41, 5.74) is 0.962. The molecule has 0 spiro atoms. The van der Waals surface area contributed by atoms with Crippen LogP contribution >= 0.6 is 22.9 Å². The lowest BCUT2D eigenvalue weighted by Crippen LogP contribution is -2.21. The monoisotopic (exact) mass is 567 g/mol. The standard InChI is InChI=1S/C27H19ClFN3O4S2/c1-16(33)20-15-32(24(17-8-4-2-5-9-17)18-10-6-3-7-11-18)26-23(25(20)34)30-27(37-26)31-38(35,36)22-13-12-19(28)14-21(22)29/h2-15,24H,1H3,(H,30,31). The number of benzene rings is 3. The quantitative estimate of drug-likeness (QED) is 0.247. The Kier molecular flexibility index (Phi) is 6.87. The van der Waals surface area contributed by atoms with E-state index in [1.54, 1.807) is 4.57 Å². The number of nitrogens with zero attached hydrogens (tertiary/aromatic N) is 2. The summed E-state index contributed by atoms with van der Waals surface area (Å²) in [5, 5.41) is -0.108. The number of thiazole rings is 1. The van der Waals surface area contributed by atoms with Crippen molar-refractivity contribution in [3.8, 4) is 0 Å². The van der Waals surface area contributed by atoms with Gasteiger partial charge in [0.25, 0.3) is 10.0 Å². The Labute approximate surface area is 226 Å². The third-order valence-electron chi connectivity index (χ3n) is 5.86. The molecule has 2 heterocycles. The highest BCUT2D eigenvalue weighted by Crippen LogP contribution is 2.34. The average Bonchev–Trinajstić information content (AvgIpc) is 3.30. The third-order valence-corrected chi connectivity index (χ3v) is 8.59. The van der Waals surface area contributed by atoms with Gasteiger partial charge < -0.3 is 4.57 Å². The molecule has 38 heavy (non-hydrogen) atoms. The fourth-order valence-electron chi connectivity index (χ4n) is 4.15. The zero-order valence-corrected chi connectivity index (χ0v) is 22.1. The van der Waals surface area contributed by atoms with Gasteiger partial charge in [0.1, 0.15) is 21.1 Å². The van der Waals surface area contributed by atoms with Crippen molar-refractivity contribution in [2.75, 3.05) is 4.72 Å². The van der Waals surface area contributed by atoms with Crippen LogP contribution in [0.25, 0.3) is 10.3 Å². The van der Waals surface area contributed by atoms with E-state index in [0.29, 0.717) is 4.83 Å². The van der Waals surface area contributed by atoms with Crippen LogP contribution in [0.1, 0.15) is 34.5 Å². The second-order valence-corrected chi connectivity index (χ2v) is 11.5. The summed E-state index contributed by atoms with van der Waals surface area (Å²) < 4.78 is 44.3. The number of ketones is 1. The van der Waals surface area contributed by atoms with E-state index < -0.39 is 38.0 Å². The summed E-state index contributed by atoms with van der Waals surface area (Å²) in [7, 11) is -4.40. The Balaban J connectivity index is 1.73. The molecule has 0 saturated carbocycles. The number of rotatable bonds is 7. The molecule has 5 aromatic rings. The molecule has 3 aromatic carbocycles. The summed E-state index contributed by atoms with van der Waals surface area (Å²) in [5.74, 6) is -1.48. The summed E-state index contributed by atoms with van der Waals surface area (Å²) >= 11 is 6.66. The van der Waals surface area contributed by atoms with Gasteiger partial charge in [-0.3, -0.25) is 14.3 Å². The minimum Gasteiger partial charge on any atom is -0.325 e. The summed E-state index contributed by atoms with van der Waals surface area (Å²) in [6.07, 6.45) is 1.48. The van der Waals surface area contributed by atoms with Gasteiger partial charge in [-0.15, -0.1) is 0 Å². The summed E-state index contributed by atoms with van der Waals surface area (Å²) in [6.45, 7) is 1.28. The zero-order valence-electron chi connectivity index (χ0n) is 19.8. The number of anilines is 1. The number of pyridine rings is 1. The molecule has 0 bridgehead atoms. The minimum absolute atomic E-state index is 0.0445. The zero-order chi connectivity index (χ0) is 27.0. The molecule has 0 aliphatic carbocycles. The molecule has 0 aliphatic heterocycles. The van der Waals surface area contributed by atoms with Gasteiger partial charge in [-0.25, -0.2) is 17.8 Å². The van der Waals surface area contributed by atoms with E-state index in [1.165, 1.54) is 19.2 Å². The molecule has 0 radical (unpaired) electrons. The van der Waals surface area contributed by atoms with Gasteiger partial charge in [-0.2, -0.15) is 0 Å². The molecule has 0 fully saturated rings. The molecular weight excluding hydrogens is 549 g/mol. The van der Waals surface area contributed by atoms with Crippen molar-refractivity contribution in [2.45, 2.75) is 17.9 Å². The van der Waals surface area contributed by atoms with E-state index in [0.717, 1.165) is 34.6 Å². The van der Waals surface area contributed by atoms with Crippen LogP contribution in [-0.4, -0.2) is 23.8 Å². The number of aromatic nitrogens is 2. The Morgan fingerprint density at radius 3 is 2.18 bits per heavy atom. The van der Waals surface area contributed by atoms with Crippen LogP contribution in [-0.2, 0) is 10.0 Å². The van der Waals surface area contributed by atoms with E-state index in [4.69, 9.17) is 11.6 Å². The number of carbonyl (C=O) groups excluding carboxylic acids is 1. The highest BCUT2D eigenvalue weighted by Gasteiger charge is 2.26. The fraction of sp³-hybridized carbons (Fsp3) is 0.0741. The molecule has 0 saturated heterocycles. The Hall–Kier alpha value is -3.86. The van der Waals surface area contributed by atoms with E-state index in [1.807, 2.05) is 60.7 Å². The third kappa shape index (κ3) is 4.85. The molecule has 0 atom stereocenters. The van der Waals surface area contributed by atoms with E-state index in [9.17, 15) is 22.4 Å². The predicted molar refractivity (Wildman–Crippen MR) is 146 cm³/mol. The lowest BCUT2D eigenvalue weighted by Gasteiger charge is -2.23. The lowest BCUT2D eigenvalue weighted by atomic mass is 9.98. The highest BCUT2D eigenvalue weighted by atomic mass is 35.5. The van der Waals surface area contributed by atoms with Crippen molar-refractivity contribution in [2.24, 2.45) is 0 Å². The number of sulfonamides is 1. The van der Waals surface area contributed by atoms with Gasteiger partial charge >= 0.3 is 0 Å². The van der Waals surface area contributed by atoms with Crippen molar-refractivity contribution < 1.29 is 17.6 Å². The molecule has 1 N–H and O–H groups in total. The molecule has 2 aromatic heterocycles. The van der Waals surface area contributed by atoms with Crippen molar-refractivity contribution >= 4 is 54.2 Å². The lowest BCUT2D eigenvalue weighted by molar-refractivity contribution is 0.101. The number of hydrogen-bond donors (Lipinski definition) is 1. The largest absolute Gasteiger partial charge is 0.325 e. The maximum atomic E-state index is 14.4. The number of hydrogen-bond acceptors (Lipinski definition) is 6. The first kappa shape index (κ1) is 25.8. The van der Waals surface area contributed by atoms with Crippen molar-refractivity contribution in [1.82, 2.24) is 9.55 Å². The van der Waals surface area contributed by atoms with Crippen LogP contribution < -0.4 is 10.2 Å². The molecule has 5 rings (SSSR count). The highest BCUT2D eigenvalue weighted by molar-refractivity contribution is 7.93. The van der Waals surface area contributed by atoms with E-state index in [2.05, 4.69) is 9.71 Å². The second-order valence-electron chi connectivity index (χ2n) is 8.41. The van der Waals surface area contributed by atoms with Crippen LogP contribution in [0.4, 0.5) is 9.52 Å². The van der Waals surface area contributed by atoms with Crippen LogP contribution in [0.2, 0.25) is 5.02 Å². The molecule has 0 amide bonds. The van der Waals surface area contributed by atoms with Crippen molar-refractivity contribution in [1.29, 1.82) is 0 Å². The molecule has 0 aliphatic rings. The van der Waals surface area contributed by atoms with E-state index >= 15 is 0 Å². The number of nitrogens with one attached hydrogen (secondary N) is 1. The Bertz CT molecular complexity index is 1800. The molecule has 0 unspecified atom stereocenters. The van der Waals surface area contributed by atoms with Crippen molar-refractivity contribution in [3.63, 3.8) is 0 Å². The van der Waals surface area contributed by atoms with E-state index in [-0.39, 0.29) is 21.2 Å². The number of carbonyl (C=O) groups is 1. The van der Waals surface area contributed by atoms with Gasteiger partial charge in [0.2, 0.25) is 5.43 Å². The second kappa shape index (κ2) is 10.1. The maximum Gasteiger partial charge on any atom is 0.266 e. The van der Waals surface area contributed by atoms with Crippen LogP contribution in [0.3, 0.4) is 0 Å². The van der Waals surface area contributed by atoms with Crippen molar-refractivity contribution in [3.05, 3.63) is 123 Å². The molecule has 7 nitrogen and oxygen atoms in total.